The summed E-state index contributed by atoms with van der Waals surface area (Å²) in [5.74, 6) is 4.90. The lowest BCUT2D eigenvalue weighted by molar-refractivity contribution is 0.0694. The van der Waals surface area contributed by atoms with Crippen molar-refractivity contribution in [2.24, 2.45) is 0 Å². The number of aromatic carboxylic acids is 1. The Hall–Kier alpha value is -1.60. The Kier molecular flexibility index (Phi) is 4.07. The number of carboxylic acids is 1. The molecule has 0 saturated heterocycles. The Balaban J connectivity index is 2.93. The SMILES string of the molecule is O=C(O)c1ccc(C#CCCS)cc1O. The number of carboxylic acid groups (broad SMARTS) is 1. The van der Waals surface area contributed by atoms with E-state index < -0.39 is 5.97 Å². The van der Waals surface area contributed by atoms with Gasteiger partial charge in [0.05, 0.1) is 0 Å². The van der Waals surface area contributed by atoms with Crippen molar-refractivity contribution in [3.05, 3.63) is 29.3 Å². The van der Waals surface area contributed by atoms with Crippen LogP contribution in [0.25, 0.3) is 0 Å². The molecule has 0 heterocycles. The zero-order valence-corrected chi connectivity index (χ0v) is 8.79. The monoisotopic (exact) mass is 222 g/mol. The highest BCUT2D eigenvalue weighted by Gasteiger charge is 2.08. The van der Waals surface area contributed by atoms with Gasteiger partial charge < -0.3 is 10.2 Å². The minimum absolute atomic E-state index is 0.116. The summed E-state index contributed by atoms with van der Waals surface area (Å²) in [5, 5.41) is 18.0. The molecule has 3 nitrogen and oxygen atoms in total. The molecule has 0 aromatic heterocycles. The van der Waals surface area contributed by atoms with Gasteiger partial charge in [0.2, 0.25) is 0 Å². The second-order valence-electron chi connectivity index (χ2n) is 2.81. The standard InChI is InChI=1S/C11H10O3S/c12-10-7-8(3-1-2-6-15)4-5-9(10)11(13)14/h4-5,7,12,15H,2,6H2,(H,13,14). The number of hydrogen-bond donors (Lipinski definition) is 3. The molecule has 2 N–H and O–H groups in total. The van der Waals surface area contributed by atoms with Crippen LogP contribution in [-0.2, 0) is 0 Å². The van der Waals surface area contributed by atoms with Crippen molar-refractivity contribution in [1.29, 1.82) is 0 Å². The zero-order chi connectivity index (χ0) is 11.3. The van der Waals surface area contributed by atoms with Gasteiger partial charge in [0.25, 0.3) is 0 Å². The number of carbonyl (C=O) groups is 1. The van der Waals surface area contributed by atoms with E-state index in [0.717, 1.165) is 0 Å². The van der Waals surface area contributed by atoms with Crippen molar-refractivity contribution >= 4 is 18.6 Å². The quantitative estimate of drug-likeness (QED) is 0.528. The predicted octanol–water partition coefficient (Wildman–Crippen LogP) is 1.76. The normalized spacial score (nSPS) is 9.13. The second-order valence-corrected chi connectivity index (χ2v) is 3.26. The van der Waals surface area contributed by atoms with E-state index in [1.165, 1.54) is 12.1 Å². The van der Waals surface area contributed by atoms with Crippen molar-refractivity contribution in [3.8, 4) is 17.6 Å². The fraction of sp³-hybridized carbons (Fsp3) is 0.182. The molecule has 0 spiro atoms. The molecule has 0 aliphatic carbocycles. The van der Waals surface area contributed by atoms with E-state index in [0.29, 0.717) is 17.7 Å². The maximum absolute atomic E-state index is 10.6. The molecule has 1 aromatic carbocycles. The van der Waals surface area contributed by atoms with E-state index >= 15 is 0 Å². The molecule has 15 heavy (non-hydrogen) atoms. The third-order valence-electron chi connectivity index (χ3n) is 1.70. The van der Waals surface area contributed by atoms with Gasteiger partial charge in [-0.2, -0.15) is 12.6 Å². The van der Waals surface area contributed by atoms with Crippen LogP contribution >= 0.6 is 12.6 Å². The van der Waals surface area contributed by atoms with Gasteiger partial charge >= 0.3 is 5.97 Å². The van der Waals surface area contributed by atoms with Crippen LogP contribution in [-0.4, -0.2) is 21.9 Å². The van der Waals surface area contributed by atoms with Crippen LogP contribution in [0.2, 0.25) is 0 Å². The Labute approximate surface area is 93.2 Å². The summed E-state index contributed by atoms with van der Waals surface area (Å²) in [5.41, 5.74) is 0.481. The summed E-state index contributed by atoms with van der Waals surface area (Å²) in [4.78, 5) is 10.6. The summed E-state index contributed by atoms with van der Waals surface area (Å²) >= 11 is 4.00. The smallest absolute Gasteiger partial charge is 0.339 e. The van der Waals surface area contributed by atoms with E-state index in [-0.39, 0.29) is 11.3 Å². The molecule has 0 aliphatic heterocycles. The zero-order valence-electron chi connectivity index (χ0n) is 7.90. The van der Waals surface area contributed by atoms with Crippen LogP contribution in [0.5, 0.6) is 5.75 Å². The molecular weight excluding hydrogens is 212 g/mol. The third kappa shape index (κ3) is 3.22. The summed E-state index contributed by atoms with van der Waals surface area (Å²) < 4.78 is 0. The van der Waals surface area contributed by atoms with Crippen LogP contribution in [0.3, 0.4) is 0 Å². The molecule has 0 atom stereocenters. The summed E-state index contributed by atoms with van der Waals surface area (Å²) in [6.07, 6.45) is 0.657. The Bertz CT molecular complexity index is 429. The van der Waals surface area contributed by atoms with E-state index in [9.17, 15) is 9.90 Å². The van der Waals surface area contributed by atoms with Crippen molar-refractivity contribution in [2.45, 2.75) is 6.42 Å². The van der Waals surface area contributed by atoms with Gasteiger partial charge in [-0.15, -0.1) is 0 Å². The molecule has 1 aromatic rings. The highest BCUT2D eigenvalue weighted by Crippen LogP contribution is 2.18. The predicted molar refractivity (Wildman–Crippen MR) is 60.4 cm³/mol. The average molecular weight is 222 g/mol. The van der Waals surface area contributed by atoms with Crippen molar-refractivity contribution in [3.63, 3.8) is 0 Å². The van der Waals surface area contributed by atoms with Crippen molar-refractivity contribution in [2.75, 3.05) is 5.75 Å². The highest BCUT2D eigenvalue weighted by molar-refractivity contribution is 7.80. The highest BCUT2D eigenvalue weighted by atomic mass is 32.1. The number of rotatable bonds is 2. The van der Waals surface area contributed by atoms with Crippen LogP contribution < -0.4 is 0 Å². The third-order valence-corrected chi connectivity index (χ3v) is 1.92. The summed E-state index contributed by atoms with van der Waals surface area (Å²) in [6, 6.07) is 4.24. The van der Waals surface area contributed by atoms with Gasteiger partial charge in [-0.3, -0.25) is 0 Å². The molecule has 0 bridgehead atoms. The molecule has 0 amide bonds. The van der Waals surface area contributed by atoms with Gasteiger partial charge in [-0.05, 0) is 18.2 Å². The van der Waals surface area contributed by atoms with Gasteiger partial charge in [-0.1, -0.05) is 11.8 Å². The number of aromatic hydroxyl groups is 1. The molecule has 0 aliphatic rings. The van der Waals surface area contributed by atoms with Crippen molar-refractivity contribution < 1.29 is 15.0 Å². The van der Waals surface area contributed by atoms with Gasteiger partial charge in [-0.25, -0.2) is 4.79 Å². The number of hydrogen-bond acceptors (Lipinski definition) is 3. The summed E-state index contributed by atoms with van der Waals surface area (Å²) in [7, 11) is 0. The molecule has 0 unspecified atom stereocenters. The lowest BCUT2D eigenvalue weighted by Gasteiger charge is -1.98. The van der Waals surface area contributed by atoms with E-state index in [2.05, 4.69) is 24.5 Å². The molecule has 78 valence electrons. The molecule has 0 fully saturated rings. The van der Waals surface area contributed by atoms with Crippen LogP contribution in [0.4, 0.5) is 0 Å². The van der Waals surface area contributed by atoms with Gasteiger partial charge in [0, 0.05) is 17.7 Å². The number of thiol groups is 1. The molecule has 0 saturated carbocycles. The van der Waals surface area contributed by atoms with Crippen molar-refractivity contribution in [1.82, 2.24) is 0 Å². The lowest BCUT2D eigenvalue weighted by Crippen LogP contribution is -1.96. The Morgan fingerprint density at radius 1 is 1.47 bits per heavy atom. The summed E-state index contributed by atoms with van der Waals surface area (Å²) in [6.45, 7) is 0. The fourth-order valence-electron chi connectivity index (χ4n) is 1.01. The van der Waals surface area contributed by atoms with Crippen LogP contribution in [0.15, 0.2) is 18.2 Å². The minimum atomic E-state index is -1.15. The van der Waals surface area contributed by atoms with Crippen LogP contribution in [0.1, 0.15) is 22.3 Å². The minimum Gasteiger partial charge on any atom is -0.507 e. The largest absolute Gasteiger partial charge is 0.507 e. The molecule has 0 radical (unpaired) electrons. The fourth-order valence-corrected chi connectivity index (χ4v) is 1.12. The van der Waals surface area contributed by atoms with E-state index in [1.807, 2.05) is 0 Å². The first-order valence-electron chi connectivity index (χ1n) is 4.31. The Morgan fingerprint density at radius 3 is 2.73 bits per heavy atom. The lowest BCUT2D eigenvalue weighted by atomic mass is 10.1. The average Bonchev–Trinajstić information content (AvgIpc) is 2.17. The van der Waals surface area contributed by atoms with Gasteiger partial charge in [0.15, 0.2) is 0 Å². The van der Waals surface area contributed by atoms with Crippen LogP contribution in [0, 0.1) is 11.8 Å². The molecular formula is C11H10O3S. The Morgan fingerprint density at radius 2 is 2.20 bits per heavy atom. The topological polar surface area (TPSA) is 57.5 Å². The molecule has 4 heteroatoms. The first-order chi connectivity index (χ1) is 7.15. The maximum Gasteiger partial charge on any atom is 0.339 e. The first-order valence-corrected chi connectivity index (χ1v) is 4.94. The van der Waals surface area contributed by atoms with E-state index in [4.69, 9.17) is 5.11 Å². The first kappa shape index (κ1) is 11.5. The van der Waals surface area contributed by atoms with E-state index in [1.54, 1.807) is 6.07 Å². The van der Waals surface area contributed by atoms with Gasteiger partial charge in [0.1, 0.15) is 11.3 Å². The number of benzene rings is 1. The number of phenols is 1. The molecule has 1 rings (SSSR count). The second kappa shape index (κ2) is 5.32. The maximum atomic E-state index is 10.6.